The van der Waals surface area contributed by atoms with Gasteiger partial charge >= 0.3 is 0 Å². The lowest BCUT2D eigenvalue weighted by Gasteiger charge is -2.21. The van der Waals surface area contributed by atoms with E-state index >= 15 is 0 Å². The van der Waals surface area contributed by atoms with Crippen LogP contribution in [0.5, 0.6) is 17.2 Å². The van der Waals surface area contributed by atoms with Crippen molar-refractivity contribution in [2.24, 2.45) is 0 Å². The molecule has 0 aliphatic carbocycles. The van der Waals surface area contributed by atoms with E-state index in [1.54, 1.807) is 12.1 Å². The molecular weight excluding hydrogens is 359 g/mol. The molecule has 0 bridgehead atoms. The molecule has 1 aliphatic heterocycles. The summed E-state index contributed by atoms with van der Waals surface area (Å²) in [5.74, 6) is 0.438. The van der Waals surface area contributed by atoms with Crippen LogP contribution in [0.25, 0.3) is 6.08 Å². The number of hydrogen-bond donors (Lipinski definition) is 0. The van der Waals surface area contributed by atoms with Crippen LogP contribution in [0.1, 0.15) is 15.9 Å². The van der Waals surface area contributed by atoms with Crippen molar-refractivity contribution in [3.8, 4) is 17.2 Å². The highest BCUT2D eigenvalue weighted by molar-refractivity contribution is 7.91. The van der Waals surface area contributed by atoms with E-state index in [2.05, 4.69) is 0 Å². The third-order valence-corrected chi connectivity index (χ3v) is 5.25. The molecule has 7 heteroatoms. The van der Waals surface area contributed by atoms with E-state index in [0.717, 1.165) is 0 Å². The number of rotatable bonds is 5. The molecule has 1 heterocycles. The van der Waals surface area contributed by atoms with Crippen molar-refractivity contribution in [2.75, 3.05) is 26.6 Å². The van der Waals surface area contributed by atoms with Crippen molar-refractivity contribution in [2.45, 2.75) is 4.90 Å². The van der Waals surface area contributed by atoms with Gasteiger partial charge in [0, 0.05) is 12.1 Å². The molecule has 1 unspecified atom stereocenters. The van der Waals surface area contributed by atoms with Crippen LogP contribution >= 0.6 is 0 Å². The average Bonchev–Trinajstić information content (AvgIpc) is 2.65. The maximum absolute atomic E-state index is 13.7. The van der Waals surface area contributed by atoms with Crippen LogP contribution in [0, 0.1) is 5.82 Å². The van der Waals surface area contributed by atoms with Crippen molar-refractivity contribution >= 4 is 23.0 Å². The molecule has 0 N–H and O–H groups in total. The fourth-order valence-electron chi connectivity index (χ4n) is 2.58. The summed E-state index contributed by atoms with van der Waals surface area (Å²) in [5.41, 5.74) is 0.807. The maximum Gasteiger partial charge on any atom is 0.198 e. The standard InChI is InChI=1S/C19H17FO5S/c1-23-16-6-4-12(9-14(16)20)3-5-15(21)13-10-18-19(11-17(13)24-2)26(22)8-7-25-18/h3-6,9-11H,7-8H2,1-2H3/b5-3+. The van der Waals surface area contributed by atoms with E-state index in [9.17, 15) is 13.7 Å². The summed E-state index contributed by atoms with van der Waals surface area (Å²) in [6.45, 7) is 0.334. The van der Waals surface area contributed by atoms with Crippen LogP contribution in [0.4, 0.5) is 4.39 Å². The first-order valence-corrected chi connectivity index (χ1v) is 9.14. The van der Waals surface area contributed by atoms with Gasteiger partial charge in [0.15, 0.2) is 28.0 Å². The monoisotopic (exact) mass is 376 g/mol. The van der Waals surface area contributed by atoms with E-state index in [1.165, 1.54) is 44.6 Å². The van der Waals surface area contributed by atoms with Crippen LogP contribution in [-0.4, -0.2) is 36.9 Å². The Morgan fingerprint density at radius 2 is 2.00 bits per heavy atom. The highest BCUT2D eigenvalue weighted by atomic mass is 32.2. The molecule has 5 nitrogen and oxygen atoms in total. The van der Waals surface area contributed by atoms with E-state index in [0.29, 0.717) is 34.3 Å². The SMILES string of the molecule is COc1ccc(/C=C/C(=O)c2cc3c(cc2OC)[S+]([O-])CCO3)cc1F. The molecule has 0 fully saturated rings. The Hall–Kier alpha value is -2.51. The summed E-state index contributed by atoms with van der Waals surface area (Å²) < 4.78 is 41.4. The molecular formula is C19H17FO5S. The first kappa shape index (κ1) is 18.3. The van der Waals surface area contributed by atoms with Gasteiger partial charge in [0.1, 0.15) is 18.1 Å². The molecule has 0 spiro atoms. The quantitative estimate of drug-likeness (QED) is 0.455. The summed E-state index contributed by atoms with van der Waals surface area (Å²) in [5, 5.41) is 0. The maximum atomic E-state index is 13.7. The molecule has 3 rings (SSSR count). The second-order valence-electron chi connectivity index (χ2n) is 5.49. The van der Waals surface area contributed by atoms with Crippen LogP contribution in [-0.2, 0) is 11.2 Å². The van der Waals surface area contributed by atoms with E-state index in [4.69, 9.17) is 14.2 Å². The number of carbonyl (C=O) groups excluding carboxylic acids is 1. The Balaban J connectivity index is 1.88. The predicted molar refractivity (Wildman–Crippen MR) is 96.1 cm³/mol. The first-order valence-electron chi connectivity index (χ1n) is 7.82. The minimum Gasteiger partial charge on any atom is -0.611 e. The third-order valence-electron chi connectivity index (χ3n) is 3.91. The summed E-state index contributed by atoms with van der Waals surface area (Å²) in [4.78, 5) is 13.1. The number of hydrogen-bond acceptors (Lipinski definition) is 5. The Morgan fingerprint density at radius 1 is 1.23 bits per heavy atom. The fourth-order valence-corrected chi connectivity index (χ4v) is 3.61. The normalized spacial score (nSPS) is 16.1. The van der Waals surface area contributed by atoms with Crippen LogP contribution in [0.2, 0.25) is 0 Å². The van der Waals surface area contributed by atoms with Crippen LogP contribution in [0.15, 0.2) is 41.3 Å². The molecule has 0 aromatic heterocycles. The van der Waals surface area contributed by atoms with Gasteiger partial charge in [-0.05, 0) is 34.9 Å². The minimum absolute atomic E-state index is 0.134. The Kier molecular flexibility index (Phi) is 5.49. The van der Waals surface area contributed by atoms with Gasteiger partial charge in [-0.3, -0.25) is 4.79 Å². The fraction of sp³-hybridized carbons (Fsp3) is 0.211. The molecule has 0 amide bonds. The van der Waals surface area contributed by atoms with Gasteiger partial charge in [0.25, 0.3) is 0 Å². The van der Waals surface area contributed by atoms with Crippen molar-refractivity contribution in [3.63, 3.8) is 0 Å². The molecule has 1 aliphatic rings. The third kappa shape index (κ3) is 3.68. The summed E-state index contributed by atoms with van der Waals surface area (Å²) >= 11 is -1.18. The van der Waals surface area contributed by atoms with Crippen molar-refractivity contribution in [1.29, 1.82) is 0 Å². The summed E-state index contributed by atoms with van der Waals surface area (Å²) in [7, 11) is 2.82. The number of methoxy groups -OCH3 is 2. The van der Waals surface area contributed by atoms with Gasteiger partial charge in [-0.25, -0.2) is 4.39 Å². The zero-order valence-electron chi connectivity index (χ0n) is 14.3. The number of ether oxygens (including phenoxy) is 3. The molecule has 0 saturated heterocycles. The number of halogens is 1. The molecule has 2 aromatic rings. The topological polar surface area (TPSA) is 67.8 Å². The largest absolute Gasteiger partial charge is 0.611 e. The second-order valence-corrected chi connectivity index (χ2v) is 7.03. The highest BCUT2D eigenvalue weighted by Crippen LogP contribution is 2.35. The highest BCUT2D eigenvalue weighted by Gasteiger charge is 2.27. The minimum atomic E-state index is -1.18. The molecule has 0 radical (unpaired) electrons. The lowest BCUT2D eigenvalue weighted by atomic mass is 10.1. The molecule has 2 aromatic carbocycles. The summed E-state index contributed by atoms with van der Waals surface area (Å²) in [6.07, 6.45) is 2.83. The van der Waals surface area contributed by atoms with Gasteiger partial charge in [0.2, 0.25) is 0 Å². The Morgan fingerprint density at radius 3 is 2.69 bits per heavy atom. The Bertz CT molecular complexity index is 865. The molecule has 0 saturated carbocycles. The number of allylic oxidation sites excluding steroid dienone is 1. The van der Waals surface area contributed by atoms with Gasteiger partial charge in [-0.1, -0.05) is 12.1 Å². The van der Waals surface area contributed by atoms with E-state index < -0.39 is 17.0 Å². The smallest absolute Gasteiger partial charge is 0.198 e. The van der Waals surface area contributed by atoms with Crippen LogP contribution < -0.4 is 14.2 Å². The molecule has 1 atom stereocenters. The molecule has 136 valence electrons. The van der Waals surface area contributed by atoms with Gasteiger partial charge in [-0.2, -0.15) is 0 Å². The van der Waals surface area contributed by atoms with Crippen molar-refractivity contribution in [1.82, 2.24) is 0 Å². The zero-order chi connectivity index (χ0) is 18.7. The lowest BCUT2D eigenvalue weighted by Crippen LogP contribution is -2.21. The number of carbonyl (C=O) groups is 1. The van der Waals surface area contributed by atoms with Gasteiger partial charge in [0.05, 0.1) is 19.8 Å². The number of benzene rings is 2. The average molecular weight is 376 g/mol. The van der Waals surface area contributed by atoms with Gasteiger partial charge in [-0.15, -0.1) is 0 Å². The van der Waals surface area contributed by atoms with Crippen LogP contribution in [0.3, 0.4) is 0 Å². The Labute approximate surface area is 153 Å². The van der Waals surface area contributed by atoms with E-state index in [1.807, 2.05) is 0 Å². The molecule has 26 heavy (non-hydrogen) atoms. The number of fused-ring (bicyclic) bond motifs is 1. The van der Waals surface area contributed by atoms with Crippen molar-refractivity contribution in [3.05, 3.63) is 53.4 Å². The zero-order valence-corrected chi connectivity index (χ0v) is 15.1. The second kappa shape index (κ2) is 7.80. The lowest BCUT2D eigenvalue weighted by molar-refractivity contribution is 0.104. The van der Waals surface area contributed by atoms with E-state index in [-0.39, 0.29) is 17.1 Å². The first-order chi connectivity index (χ1) is 12.5. The number of ketones is 1. The van der Waals surface area contributed by atoms with Crippen molar-refractivity contribution < 1.29 is 27.9 Å². The van der Waals surface area contributed by atoms with Gasteiger partial charge < -0.3 is 18.8 Å². The predicted octanol–water partition coefficient (Wildman–Crippen LogP) is 3.24. The summed E-state index contributed by atoms with van der Waals surface area (Å²) in [6, 6.07) is 7.51.